The molecule has 0 spiro atoms. The van der Waals surface area contributed by atoms with E-state index in [0.29, 0.717) is 10.8 Å². The van der Waals surface area contributed by atoms with Crippen LogP contribution in [0.15, 0.2) is 63.5 Å². The summed E-state index contributed by atoms with van der Waals surface area (Å²) in [5, 5.41) is 4.33. The number of hydrogen-bond acceptors (Lipinski definition) is 6. The molecular formula is C15H12N4O2S. The summed E-state index contributed by atoms with van der Waals surface area (Å²) in [7, 11) is 0. The third-order valence-electron chi connectivity index (χ3n) is 2.69. The van der Waals surface area contributed by atoms with Gasteiger partial charge in [-0.25, -0.2) is 10.4 Å². The summed E-state index contributed by atoms with van der Waals surface area (Å²) >= 11 is 1.22. The normalized spacial score (nSPS) is 11.1. The number of amides is 1. The van der Waals surface area contributed by atoms with Gasteiger partial charge in [0.2, 0.25) is 0 Å². The van der Waals surface area contributed by atoms with Gasteiger partial charge in [0.05, 0.1) is 12.0 Å². The third kappa shape index (κ3) is 3.70. The Morgan fingerprint density at radius 3 is 3.05 bits per heavy atom. The third-order valence-corrected chi connectivity index (χ3v) is 3.52. The highest BCUT2D eigenvalue weighted by Crippen LogP contribution is 2.22. The molecule has 0 fully saturated rings. The number of hydrogen-bond donors (Lipinski definition) is 1. The molecule has 0 aliphatic heterocycles. The predicted molar refractivity (Wildman–Crippen MR) is 84.7 cm³/mol. The van der Waals surface area contributed by atoms with Crippen LogP contribution in [0.3, 0.4) is 0 Å². The molecule has 0 atom stereocenters. The Kier molecular flexibility index (Phi) is 4.45. The summed E-state index contributed by atoms with van der Waals surface area (Å²) in [6.07, 6.45) is 4.87. The highest BCUT2D eigenvalue weighted by atomic mass is 32.2. The van der Waals surface area contributed by atoms with Gasteiger partial charge in [0.25, 0.3) is 11.1 Å². The molecule has 7 heteroatoms. The van der Waals surface area contributed by atoms with Crippen LogP contribution in [0.25, 0.3) is 11.1 Å². The van der Waals surface area contributed by atoms with E-state index in [4.69, 9.17) is 4.42 Å². The van der Waals surface area contributed by atoms with Gasteiger partial charge in [0.15, 0.2) is 5.58 Å². The fraction of sp³-hybridized carbons (Fsp3) is 0.0667. The van der Waals surface area contributed by atoms with Gasteiger partial charge in [-0.1, -0.05) is 30.0 Å². The Balaban J connectivity index is 1.51. The molecule has 0 saturated carbocycles. The lowest BCUT2D eigenvalue weighted by Gasteiger charge is -1.97. The highest BCUT2D eigenvalue weighted by Gasteiger charge is 2.08. The number of nitrogens with zero attached hydrogens (tertiary/aromatic N) is 3. The maximum Gasteiger partial charge on any atom is 0.257 e. The van der Waals surface area contributed by atoms with Gasteiger partial charge < -0.3 is 4.42 Å². The molecule has 3 aromatic rings. The Morgan fingerprint density at radius 2 is 2.23 bits per heavy atom. The summed E-state index contributed by atoms with van der Waals surface area (Å²) in [4.78, 5) is 19.9. The predicted octanol–water partition coefficient (Wildman–Crippen LogP) is 2.47. The standard InChI is InChI=1S/C15H12N4O2S/c20-14(19-17-9-11-4-3-7-16-8-11)10-22-15-18-12-5-1-2-6-13(12)21-15/h1-9H,10H2,(H,19,20)/b17-9+. The van der Waals surface area contributed by atoms with Crippen molar-refractivity contribution in [3.8, 4) is 0 Å². The van der Waals surface area contributed by atoms with Crippen molar-refractivity contribution in [1.82, 2.24) is 15.4 Å². The second-order valence-electron chi connectivity index (χ2n) is 4.32. The number of carbonyl (C=O) groups excluding carboxylic acids is 1. The van der Waals surface area contributed by atoms with Gasteiger partial charge in [-0.05, 0) is 18.2 Å². The van der Waals surface area contributed by atoms with Crippen LogP contribution in [0.4, 0.5) is 0 Å². The van der Waals surface area contributed by atoms with Crippen LogP contribution in [0.5, 0.6) is 0 Å². The van der Waals surface area contributed by atoms with Crippen molar-refractivity contribution in [1.29, 1.82) is 0 Å². The Labute approximate surface area is 130 Å². The molecule has 0 aliphatic carbocycles. The van der Waals surface area contributed by atoms with E-state index >= 15 is 0 Å². The molecule has 0 unspecified atom stereocenters. The fourth-order valence-electron chi connectivity index (χ4n) is 1.70. The van der Waals surface area contributed by atoms with Crippen molar-refractivity contribution < 1.29 is 9.21 Å². The van der Waals surface area contributed by atoms with Gasteiger partial charge in [0.1, 0.15) is 5.52 Å². The number of rotatable bonds is 5. The van der Waals surface area contributed by atoms with E-state index < -0.39 is 0 Å². The van der Waals surface area contributed by atoms with Gasteiger partial charge in [-0.15, -0.1) is 0 Å². The van der Waals surface area contributed by atoms with Crippen molar-refractivity contribution in [3.63, 3.8) is 0 Å². The maximum absolute atomic E-state index is 11.7. The van der Waals surface area contributed by atoms with Crippen molar-refractivity contribution in [2.24, 2.45) is 5.10 Å². The molecular weight excluding hydrogens is 300 g/mol. The van der Waals surface area contributed by atoms with Gasteiger partial charge in [0, 0.05) is 18.0 Å². The van der Waals surface area contributed by atoms with E-state index in [0.717, 1.165) is 11.1 Å². The number of hydrazone groups is 1. The molecule has 0 aliphatic rings. The Hall–Kier alpha value is -2.67. The summed E-state index contributed by atoms with van der Waals surface area (Å²) in [5.41, 5.74) is 4.75. The average Bonchev–Trinajstić information content (AvgIpc) is 2.97. The first kappa shape index (κ1) is 14.3. The molecule has 22 heavy (non-hydrogen) atoms. The first-order valence-corrected chi connectivity index (χ1v) is 7.50. The van der Waals surface area contributed by atoms with E-state index in [2.05, 4.69) is 20.5 Å². The van der Waals surface area contributed by atoms with E-state index in [1.807, 2.05) is 30.3 Å². The molecule has 0 bridgehead atoms. The van der Waals surface area contributed by atoms with E-state index in [1.54, 1.807) is 18.5 Å². The molecule has 0 saturated heterocycles. The second-order valence-corrected chi connectivity index (χ2v) is 5.24. The minimum absolute atomic E-state index is 0.178. The van der Waals surface area contributed by atoms with E-state index in [1.165, 1.54) is 18.0 Å². The van der Waals surface area contributed by atoms with Crippen LogP contribution in [-0.4, -0.2) is 27.8 Å². The SMILES string of the molecule is O=C(CSc1nc2ccccc2o1)N/N=C/c1cccnc1. The number of para-hydroxylation sites is 2. The summed E-state index contributed by atoms with van der Waals surface area (Å²) < 4.78 is 5.52. The molecule has 2 heterocycles. The first-order valence-electron chi connectivity index (χ1n) is 6.51. The molecule has 1 aromatic carbocycles. The maximum atomic E-state index is 11.7. The summed E-state index contributed by atoms with van der Waals surface area (Å²) in [6, 6.07) is 11.1. The summed E-state index contributed by atoms with van der Waals surface area (Å²) in [5.74, 6) is -0.0515. The number of pyridine rings is 1. The van der Waals surface area contributed by atoms with Crippen LogP contribution in [0.1, 0.15) is 5.56 Å². The largest absolute Gasteiger partial charge is 0.431 e. The second kappa shape index (κ2) is 6.86. The van der Waals surface area contributed by atoms with E-state index in [-0.39, 0.29) is 11.7 Å². The monoisotopic (exact) mass is 312 g/mol. The van der Waals surface area contributed by atoms with Crippen LogP contribution >= 0.6 is 11.8 Å². The molecule has 3 rings (SSSR count). The van der Waals surface area contributed by atoms with Gasteiger partial charge in [-0.3, -0.25) is 9.78 Å². The Bertz CT molecular complexity index is 768. The quantitative estimate of drug-likeness (QED) is 0.445. The molecule has 2 aromatic heterocycles. The van der Waals surface area contributed by atoms with Crippen molar-refractivity contribution >= 4 is 35.0 Å². The fourth-order valence-corrected chi connectivity index (χ4v) is 2.33. The molecule has 110 valence electrons. The van der Waals surface area contributed by atoms with Crippen LogP contribution in [-0.2, 0) is 4.79 Å². The van der Waals surface area contributed by atoms with Crippen LogP contribution in [0, 0.1) is 0 Å². The van der Waals surface area contributed by atoms with Gasteiger partial charge >= 0.3 is 0 Å². The summed E-state index contributed by atoms with van der Waals surface area (Å²) in [6.45, 7) is 0. The average molecular weight is 312 g/mol. The number of aromatic nitrogens is 2. The number of benzene rings is 1. The molecule has 1 amide bonds. The minimum atomic E-state index is -0.229. The van der Waals surface area contributed by atoms with E-state index in [9.17, 15) is 4.79 Å². The topological polar surface area (TPSA) is 80.4 Å². The first-order chi connectivity index (χ1) is 10.8. The zero-order chi connectivity index (χ0) is 15.2. The number of carbonyl (C=O) groups is 1. The van der Waals surface area contributed by atoms with Gasteiger partial charge in [-0.2, -0.15) is 5.10 Å². The lowest BCUT2D eigenvalue weighted by molar-refractivity contribution is -0.118. The molecule has 1 N–H and O–H groups in total. The zero-order valence-electron chi connectivity index (χ0n) is 11.5. The molecule has 0 radical (unpaired) electrons. The number of thioether (sulfide) groups is 1. The molecule has 6 nitrogen and oxygen atoms in total. The smallest absolute Gasteiger partial charge is 0.257 e. The van der Waals surface area contributed by atoms with Crippen molar-refractivity contribution in [3.05, 3.63) is 54.4 Å². The number of fused-ring (bicyclic) bond motifs is 1. The Morgan fingerprint density at radius 1 is 1.32 bits per heavy atom. The highest BCUT2D eigenvalue weighted by molar-refractivity contribution is 7.99. The lowest BCUT2D eigenvalue weighted by Crippen LogP contribution is -2.19. The lowest BCUT2D eigenvalue weighted by atomic mass is 10.3. The minimum Gasteiger partial charge on any atom is -0.431 e. The zero-order valence-corrected chi connectivity index (χ0v) is 12.3. The van der Waals surface area contributed by atoms with Crippen LogP contribution < -0.4 is 5.43 Å². The van der Waals surface area contributed by atoms with Crippen LogP contribution in [0.2, 0.25) is 0 Å². The number of nitrogens with one attached hydrogen (secondary N) is 1. The number of oxazole rings is 1. The van der Waals surface area contributed by atoms with Crippen molar-refractivity contribution in [2.75, 3.05) is 5.75 Å². The van der Waals surface area contributed by atoms with Crippen molar-refractivity contribution in [2.45, 2.75) is 5.22 Å².